The van der Waals surface area contributed by atoms with E-state index in [1.165, 1.54) is 5.52 Å². The summed E-state index contributed by atoms with van der Waals surface area (Å²) in [5, 5.41) is 10.5. The first kappa shape index (κ1) is 12.7. The van der Waals surface area contributed by atoms with Crippen molar-refractivity contribution in [3.63, 3.8) is 0 Å². The molecule has 1 aromatic heterocycles. The van der Waals surface area contributed by atoms with Crippen LogP contribution in [-0.4, -0.2) is 20.3 Å². The molecule has 0 spiro atoms. The van der Waals surface area contributed by atoms with E-state index in [4.69, 9.17) is 4.98 Å². The van der Waals surface area contributed by atoms with Crippen molar-refractivity contribution in [1.82, 2.24) is 9.55 Å². The van der Waals surface area contributed by atoms with E-state index in [0.29, 0.717) is 12.3 Å². The van der Waals surface area contributed by atoms with Crippen LogP contribution in [-0.2, 0) is 13.0 Å². The molecule has 0 saturated heterocycles. The van der Waals surface area contributed by atoms with Gasteiger partial charge in [0.05, 0.1) is 16.6 Å². The SMILES string of the molecule is CCCn1c(CC2(O)CC(C)C2)nc2ccccc21. The van der Waals surface area contributed by atoms with E-state index in [1.54, 1.807) is 0 Å². The van der Waals surface area contributed by atoms with Crippen LogP contribution < -0.4 is 0 Å². The molecule has 1 fully saturated rings. The maximum Gasteiger partial charge on any atom is 0.112 e. The highest BCUT2D eigenvalue weighted by Crippen LogP contribution is 2.39. The molecule has 102 valence electrons. The van der Waals surface area contributed by atoms with Gasteiger partial charge in [-0.05, 0) is 37.3 Å². The number of nitrogens with zero attached hydrogens (tertiary/aromatic N) is 2. The van der Waals surface area contributed by atoms with Gasteiger partial charge in [-0.1, -0.05) is 26.0 Å². The minimum atomic E-state index is -0.522. The van der Waals surface area contributed by atoms with Gasteiger partial charge in [-0.2, -0.15) is 0 Å². The Morgan fingerprint density at radius 1 is 1.37 bits per heavy atom. The Hall–Kier alpha value is -1.35. The lowest BCUT2D eigenvalue weighted by atomic mass is 9.70. The van der Waals surface area contributed by atoms with Crippen LogP contribution in [0.1, 0.15) is 38.9 Å². The molecule has 3 rings (SSSR count). The van der Waals surface area contributed by atoms with Crippen LogP contribution in [0.15, 0.2) is 24.3 Å². The summed E-state index contributed by atoms with van der Waals surface area (Å²) in [6, 6.07) is 8.25. The summed E-state index contributed by atoms with van der Waals surface area (Å²) in [6.07, 6.45) is 3.58. The maximum atomic E-state index is 10.5. The summed E-state index contributed by atoms with van der Waals surface area (Å²) in [4.78, 5) is 4.73. The van der Waals surface area contributed by atoms with Gasteiger partial charge in [0, 0.05) is 13.0 Å². The number of fused-ring (bicyclic) bond motifs is 1. The van der Waals surface area contributed by atoms with Crippen molar-refractivity contribution in [2.24, 2.45) is 5.92 Å². The van der Waals surface area contributed by atoms with Crippen molar-refractivity contribution in [2.75, 3.05) is 0 Å². The van der Waals surface area contributed by atoms with Gasteiger partial charge in [-0.25, -0.2) is 4.98 Å². The van der Waals surface area contributed by atoms with E-state index in [-0.39, 0.29) is 0 Å². The van der Waals surface area contributed by atoms with Crippen molar-refractivity contribution < 1.29 is 5.11 Å². The molecule has 1 aliphatic carbocycles. The van der Waals surface area contributed by atoms with Gasteiger partial charge >= 0.3 is 0 Å². The molecule has 1 heterocycles. The zero-order chi connectivity index (χ0) is 13.5. The average molecular weight is 258 g/mol. The highest BCUT2D eigenvalue weighted by Gasteiger charge is 2.41. The first-order valence-corrected chi connectivity index (χ1v) is 7.28. The molecule has 0 aliphatic heterocycles. The number of aryl methyl sites for hydroxylation is 1. The smallest absolute Gasteiger partial charge is 0.112 e. The van der Waals surface area contributed by atoms with Crippen molar-refractivity contribution in [2.45, 2.75) is 51.7 Å². The van der Waals surface area contributed by atoms with E-state index >= 15 is 0 Å². The van der Waals surface area contributed by atoms with Crippen molar-refractivity contribution >= 4 is 11.0 Å². The summed E-state index contributed by atoms with van der Waals surface area (Å²) in [6.45, 7) is 5.35. The van der Waals surface area contributed by atoms with E-state index in [0.717, 1.165) is 37.1 Å². The number of benzene rings is 1. The predicted molar refractivity (Wildman–Crippen MR) is 77.1 cm³/mol. The molecule has 1 aliphatic rings. The number of hydrogen-bond acceptors (Lipinski definition) is 2. The third-order valence-electron chi connectivity index (χ3n) is 4.12. The van der Waals surface area contributed by atoms with E-state index < -0.39 is 5.60 Å². The lowest BCUT2D eigenvalue weighted by Crippen LogP contribution is -2.45. The van der Waals surface area contributed by atoms with E-state index in [9.17, 15) is 5.11 Å². The first-order valence-electron chi connectivity index (χ1n) is 7.28. The Kier molecular flexibility index (Phi) is 3.09. The first-order chi connectivity index (χ1) is 9.11. The summed E-state index contributed by atoms with van der Waals surface area (Å²) >= 11 is 0. The molecule has 0 bridgehead atoms. The minimum Gasteiger partial charge on any atom is -0.389 e. The maximum absolute atomic E-state index is 10.5. The molecule has 3 heteroatoms. The minimum absolute atomic E-state index is 0.522. The monoisotopic (exact) mass is 258 g/mol. The number of aliphatic hydroxyl groups is 1. The van der Waals surface area contributed by atoms with Gasteiger partial charge in [-0.3, -0.25) is 0 Å². The Morgan fingerprint density at radius 2 is 2.11 bits per heavy atom. The number of imidazole rings is 1. The molecule has 0 atom stereocenters. The summed E-state index contributed by atoms with van der Waals surface area (Å²) in [7, 11) is 0. The number of hydrogen-bond donors (Lipinski definition) is 1. The van der Waals surface area contributed by atoms with E-state index in [2.05, 4.69) is 36.6 Å². The normalized spacial score (nSPS) is 26.6. The fourth-order valence-electron chi connectivity index (χ4n) is 3.41. The van der Waals surface area contributed by atoms with Crippen molar-refractivity contribution in [3.8, 4) is 0 Å². The van der Waals surface area contributed by atoms with Crippen LogP contribution >= 0.6 is 0 Å². The standard InChI is InChI=1S/C16H22N2O/c1-3-8-18-14-7-5-4-6-13(14)17-15(18)11-16(19)9-12(2)10-16/h4-7,12,19H,3,8-11H2,1-2H3. The Bertz CT molecular complexity index is 581. The summed E-state index contributed by atoms with van der Waals surface area (Å²) < 4.78 is 2.27. The van der Waals surface area contributed by atoms with Gasteiger partial charge in [0.2, 0.25) is 0 Å². The van der Waals surface area contributed by atoms with Crippen LogP contribution in [0.4, 0.5) is 0 Å². The average Bonchev–Trinajstić information content (AvgIpc) is 2.66. The number of para-hydroxylation sites is 2. The van der Waals surface area contributed by atoms with Crippen LogP contribution in [0.3, 0.4) is 0 Å². The molecule has 0 unspecified atom stereocenters. The van der Waals surface area contributed by atoms with Crippen LogP contribution in [0.25, 0.3) is 11.0 Å². The third-order valence-corrected chi connectivity index (χ3v) is 4.12. The summed E-state index contributed by atoms with van der Waals surface area (Å²) in [5.41, 5.74) is 1.71. The van der Waals surface area contributed by atoms with Crippen LogP contribution in [0, 0.1) is 5.92 Å². The molecule has 2 aromatic rings. The Morgan fingerprint density at radius 3 is 2.79 bits per heavy atom. The van der Waals surface area contributed by atoms with Crippen LogP contribution in [0.5, 0.6) is 0 Å². The summed E-state index contributed by atoms with van der Waals surface area (Å²) in [5.74, 6) is 1.69. The molecule has 1 aromatic carbocycles. The quantitative estimate of drug-likeness (QED) is 0.914. The Balaban J connectivity index is 1.95. The second kappa shape index (κ2) is 4.64. The molecular weight excluding hydrogens is 236 g/mol. The number of rotatable bonds is 4. The lowest BCUT2D eigenvalue weighted by molar-refractivity contribution is -0.0683. The van der Waals surface area contributed by atoms with Crippen molar-refractivity contribution in [3.05, 3.63) is 30.1 Å². The van der Waals surface area contributed by atoms with E-state index in [1.807, 2.05) is 6.07 Å². The zero-order valence-electron chi connectivity index (χ0n) is 11.8. The van der Waals surface area contributed by atoms with Gasteiger partial charge < -0.3 is 9.67 Å². The van der Waals surface area contributed by atoms with Gasteiger partial charge in [0.1, 0.15) is 5.82 Å². The molecule has 0 radical (unpaired) electrons. The molecular formula is C16H22N2O. The topological polar surface area (TPSA) is 38.0 Å². The number of aromatic nitrogens is 2. The fraction of sp³-hybridized carbons (Fsp3) is 0.562. The molecule has 19 heavy (non-hydrogen) atoms. The largest absolute Gasteiger partial charge is 0.389 e. The highest BCUT2D eigenvalue weighted by atomic mass is 16.3. The molecule has 1 N–H and O–H groups in total. The van der Waals surface area contributed by atoms with Crippen LogP contribution in [0.2, 0.25) is 0 Å². The van der Waals surface area contributed by atoms with Gasteiger partial charge in [0.15, 0.2) is 0 Å². The zero-order valence-corrected chi connectivity index (χ0v) is 11.8. The Labute approximate surface area is 114 Å². The predicted octanol–water partition coefficient (Wildman–Crippen LogP) is 3.15. The lowest BCUT2D eigenvalue weighted by Gasteiger charge is -2.42. The third kappa shape index (κ3) is 2.27. The van der Waals surface area contributed by atoms with Crippen molar-refractivity contribution in [1.29, 1.82) is 0 Å². The fourth-order valence-corrected chi connectivity index (χ4v) is 3.41. The molecule has 1 saturated carbocycles. The second-order valence-electron chi connectivity index (χ2n) is 6.08. The molecule has 0 amide bonds. The second-order valence-corrected chi connectivity index (χ2v) is 6.08. The molecule has 3 nitrogen and oxygen atoms in total. The van der Waals surface area contributed by atoms with Gasteiger partial charge in [-0.15, -0.1) is 0 Å². The van der Waals surface area contributed by atoms with Gasteiger partial charge in [0.25, 0.3) is 0 Å². The highest BCUT2D eigenvalue weighted by molar-refractivity contribution is 5.75.